The van der Waals surface area contributed by atoms with E-state index in [4.69, 9.17) is 5.11 Å². The monoisotopic (exact) mass is 357 g/mol. The molecule has 6 heteroatoms. The van der Waals surface area contributed by atoms with Gasteiger partial charge in [-0.3, -0.25) is 14.4 Å². The van der Waals surface area contributed by atoms with Crippen LogP contribution in [-0.4, -0.2) is 28.8 Å². The molecule has 0 saturated heterocycles. The second kappa shape index (κ2) is 8.89. The summed E-state index contributed by atoms with van der Waals surface area (Å²) >= 11 is 0. The number of rotatable bonds is 8. The molecule has 2 aromatic carbocycles. The Kier molecular flexibility index (Phi) is 6.60. The molecule has 0 bridgehead atoms. The Morgan fingerprint density at radius 2 is 1.65 bits per heavy atom. The summed E-state index contributed by atoms with van der Waals surface area (Å²) in [5.74, 6) is -3.37. The Balaban J connectivity index is 2.20. The van der Waals surface area contributed by atoms with Gasteiger partial charge in [0.25, 0.3) is 0 Å². The van der Waals surface area contributed by atoms with Crippen LogP contribution in [0.3, 0.4) is 0 Å². The zero-order valence-electron chi connectivity index (χ0n) is 14.3. The fourth-order valence-electron chi connectivity index (χ4n) is 2.55. The van der Waals surface area contributed by atoms with Crippen molar-refractivity contribution in [1.82, 2.24) is 5.32 Å². The highest BCUT2D eigenvalue weighted by Gasteiger charge is 2.26. The number of hydrogen-bond donors (Lipinski definition) is 2. The zero-order chi connectivity index (χ0) is 19.1. The lowest BCUT2D eigenvalue weighted by Crippen LogP contribution is -2.42. The molecule has 0 aliphatic rings. The number of benzene rings is 2. The number of carboxylic acid groups (broad SMARTS) is 1. The maximum absolute atomic E-state index is 14.0. The lowest BCUT2D eigenvalue weighted by atomic mass is 9.91. The highest BCUT2D eigenvalue weighted by atomic mass is 19.1. The average molecular weight is 357 g/mol. The van der Waals surface area contributed by atoms with Gasteiger partial charge in [-0.25, -0.2) is 4.39 Å². The van der Waals surface area contributed by atoms with Crippen LogP contribution in [0.15, 0.2) is 54.6 Å². The maximum atomic E-state index is 14.0. The van der Waals surface area contributed by atoms with E-state index in [1.54, 1.807) is 42.5 Å². The Bertz CT molecular complexity index is 791. The van der Waals surface area contributed by atoms with Crippen molar-refractivity contribution in [3.05, 3.63) is 71.5 Å². The third-order valence-corrected chi connectivity index (χ3v) is 4.05. The SMILES string of the molecule is C[C@H](NC(=O)[C@H](CC(=O)c1ccccc1)Cc1ccccc1F)C(=O)O. The number of ketones is 1. The predicted molar refractivity (Wildman–Crippen MR) is 94.2 cm³/mol. The molecule has 2 atom stereocenters. The van der Waals surface area contributed by atoms with E-state index in [2.05, 4.69) is 5.32 Å². The van der Waals surface area contributed by atoms with Crippen molar-refractivity contribution in [1.29, 1.82) is 0 Å². The van der Waals surface area contributed by atoms with E-state index >= 15 is 0 Å². The topological polar surface area (TPSA) is 83.5 Å². The van der Waals surface area contributed by atoms with Crippen LogP contribution in [0.25, 0.3) is 0 Å². The number of nitrogens with one attached hydrogen (secondary N) is 1. The van der Waals surface area contributed by atoms with Crippen molar-refractivity contribution in [3.8, 4) is 0 Å². The molecule has 2 aromatic rings. The Morgan fingerprint density at radius 1 is 1.04 bits per heavy atom. The van der Waals surface area contributed by atoms with Gasteiger partial charge < -0.3 is 10.4 Å². The van der Waals surface area contributed by atoms with E-state index in [0.29, 0.717) is 11.1 Å². The molecule has 0 aliphatic heterocycles. The number of amides is 1. The van der Waals surface area contributed by atoms with E-state index in [9.17, 15) is 18.8 Å². The third-order valence-electron chi connectivity index (χ3n) is 4.05. The molecular weight excluding hydrogens is 337 g/mol. The molecule has 2 N–H and O–H groups in total. The molecule has 0 heterocycles. The first-order valence-corrected chi connectivity index (χ1v) is 8.23. The fourth-order valence-corrected chi connectivity index (χ4v) is 2.55. The molecule has 1 amide bonds. The van der Waals surface area contributed by atoms with Gasteiger partial charge in [0.15, 0.2) is 5.78 Å². The molecule has 0 aromatic heterocycles. The second-order valence-corrected chi connectivity index (χ2v) is 6.05. The van der Waals surface area contributed by atoms with Gasteiger partial charge in [-0.1, -0.05) is 48.5 Å². The lowest BCUT2D eigenvalue weighted by molar-refractivity contribution is -0.141. The molecule has 0 unspecified atom stereocenters. The largest absolute Gasteiger partial charge is 0.480 e. The first-order chi connectivity index (χ1) is 12.4. The van der Waals surface area contributed by atoms with Crippen LogP contribution < -0.4 is 5.32 Å². The number of carbonyl (C=O) groups is 3. The number of halogens is 1. The van der Waals surface area contributed by atoms with Gasteiger partial charge in [-0.05, 0) is 25.0 Å². The zero-order valence-corrected chi connectivity index (χ0v) is 14.3. The van der Waals surface area contributed by atoms with Crippen molar-refractivity contribution < 1.29 is 23.9 Å². The molecule has 0 spiro atoms. The van der Waals surface area contributed by atoms with Crippen LogP contribution in [0, 0.1) is 11.7 Å². The van der Waals surface area contributed by atoms with Gasteiger partial charge in [-0.15, -0.1) is 0 Å². The standard InChI is InChI=1S/C20H20FNO4/c1-13(20(25)26)22-19(24)16(11-15-9-5-6-10-17(15)21)12-18(23)14-7-3-2-4-8-14/h2-10,13,16H,11-12H2,1H3,(H,22,24)(H,25,26)/t13-,16-/m0/s1. The predicted octanol–water partition coefficient (Wildman–Crippen LogP) is 2.85. The molecule has 2 rings (SSSR count). The van der Waals surface area contributed by atoms with Crippen molar-refractivity contribution in [2.45, 2.75) is 25.8 Å². The highest BCUT2D eigenvalue weighted by Crippen LogP contribution is 2.18. The van der Waals surface area contributed by atoms with Gasteiger partial charge in [-0.2, -0.15) is 0 Å². The van der Waals surface area contributed by atoms with E-state index in [1.165, 1.54) is 19.1 Å². The molecule has 26 heavy (non-hydrogen) atoms. The summed E-state index contributed by atoms with van der Waals surface area (Å²) in [5.41, 5.74) is 0.751. The smallest absolute Gasteiger partial charge is 0.325 e. The fraction of sp³-hybridized carbons (Fsp3) is 0.250. The Morgan fingerprint density at radius 3 is 2.27 bits per heavy atom. The van der Waals surface area contributed by atoms with Gasteiger partial charge in [0.05, 0.1) is 0 Å². The van der Waals surface area contributed by atoms with Gasteiger partial charge in [0.1, 0.15) is 11.9 Å². The van der Waals surface area contributed by atoms with Crippen LogP contribution in [0.4, 0.5) is 4.39 Å². The average Bonchev–Trinajstić information content (AvgIpc) is 2.63. The molecule has 136 valence electrons. The maximum Gasteiger partial charge on any atom is 0.325 e. The Hall–Kier alpha value is -3.02. The van der Waals surface area contributed by atoms with E-state index in [-0.39, 0.29) is 18.6 Å². The van der Waals surface area contributed by atoms with Gasteiger partial charge in [0.2, 0.25) is 5.91 Å². The molecule has 0 aliphatic carbocycles. The first kappa shape index (κ1) is 19.3. The second-order valence-electron chi connectivity index (χ2n) is 6.05. The summed E-state index contributed by atoms with van der Waals surface area (Å²) in [6.07, 6.45) is -0.139. The summed E-state index contributed by atoms with van der Waals surface area (Å²) in [5, 5.41) is 11.3. The highest BCUT2D eigenvalue weighted by molar-refractivity contribution is 5.99. The van der Waals surface area contributed by atoms with Crippen LogP contribution in [0.5, 0.6) is 0 Å². The van der Waals surface area contributed by atoms with Crippen molar-refractivity contribution in [2.75, 3.05) is 0 Å². The molecule has 0 saturated carbocycles. The lowest BCUT2D eigenvalue weighted by Gasteiger charge is -2.18. The van der Waals surface area contributed by atoms with Crippen LogP contribution in [0.1, 0.15) is 29.3 Å². The summed E-state index contributed by atoms with van der Waals surface area (Å²) in [7, 11) is 0. The molecular formula is C20H20FNO4. The number of aliphatic carboxylic acids is 1. The van der Waals surface area contributed by atoms with E-state index < -0.39 is 29.7 Å². The van der Waals surface area contributed by atoms with Crippen molar-refractivity contribution >= 4 is 17.7 Å². The normalized spacial score (nSPS) is 12.8. The quantitative estimate of drug-likeness (QED) is 0.712. The number of carboxylic acids is 1. The minimum atomic E-state index is -1.18. The summed E-state index contributed by atoms with van der Waals surface area (Å²) in [6, 6.07) is 13.4. The van der Waals surface area contributed by atoms with Crippen molar-refractivity contribution in [2.24, 2.45) is 5.92 Å². The molecule has 5 nitrogen and oxygen atoms in total. The van der Waals surface area contributed by atoms with Crippen LogP contribution in [0.2, 0.25) is 0 Å². The van der Waals surface area contributed by atoms with Crippen molar-refractivity contribution in [3.63, 3.8) is 0 Å². The van der Waals surface area contributed by atoms with E-state index in [0.717, 1.165) is 0 Å². The van der Waals surface area contributed by atoms with Gasteiger partial charge >= 0.3 is 5.97 Å². The third kappa shape index (κ3) is 5.24. The number of Topliss-reactive ketones (excluding diaryl/α,β-unsaturated/α-hetero) is 1. The summed E-state index contributed by atoms with van der Waals surface area (Å²) in [6.45, 7) is 1.33. The van der Waals surface area contributed by atoms with Crippen LogP contribution in [-0.2, 0) is 16.0 Å². The minimum absolute atomic E-state index is 0.00339. The van der Waals surface area contributed by atoms with Gasteiger partial charge in [0, 0.05) is 17.9 Å². The number of carbonyl (C=O) groups excluding carboxylic acids is 2. The summed E-state index contributed by atoms with van der Waals surface area (Å²) in [4.78, 5) is 35.9. The molecule has 0 radical (unpaired) electrons. The Labute approximate surface area is 150 Å². The minimum Gasteiger partial charge on any atom is -0.480 e. The number of hydrogen-bond acceptors (Lipinski definition) is 3. The summed E-state index contributed by atoms with van der Waals surface area (Å²) < 4.78 is 14.0. The molecule has 0 fully saturated rings. The first-order valence-electron chi connectivity index (χ1n) is 8.23. The van der Waals surface area contributed by atoms with Crippen LogP contribution >= 0.6 is 0 Å². The van der Waals surface area contributed by atoms with E-state index in [1.807, 2.05) is 0 Å².